The molecule has 0 saturated carbocycles. The fourth-order valence-corrected chi connectivity index (χ4v) is 2.18. The number of nitrogens with zero attached hydrogens (tertiary/aromatic N) is 3. The molecule has 0 aliphatic rings. The third-order valence-electron chi connectivity index (χ3n) is 3.59. The highest BCUT2D eigenvalue weighted by Crippen LogP contribution is 2.22. The third-order valence-corrected chi connectivity index (χ3v) is 3.59. The lowest BCUT2D eigenvalue weighted by Gasteiger charge is -2.24. The molecule has 0 aliphatic carbocycles. The lowest BCUT2D eigenvalue weighted by Crippen LogP contribution is -2.29. The van der Waals surface area contributed by atoms with Crippen molar-refractivity contribution in [3.05, 3.63) is 11.9 Å². The highest BCUT2D eigenvalue weighted by Gasteiger charge is 2.18. The standard InChI is InChI=1S/C16H32N4/c1-7-8-9-10-16(5,6)13-17-11-14-12-20(19-18-14)15(2,3)4/h12,17H,7-11,13H2,1-6H3. The van der Waals surface area contributed by atoms with Crippen LogP contribution >= 0.6 is 0 Å². The Balaban J connectivity index is 2.35. The second-order valence-electron chi connectivity index (χ2n) is 7.55. The molecule has 4 heteroatoms. The molecular weight excluding hydrogens is 248 g/mol. The summed E-state index contributed by atoms with van der Waals surface area (Å²) in [7, 11) is 0. The smallest absolute Gasteiger partial charge is 0.0965 e. The molecule has 0 saturated heterocycles. The predicted molar refractivity (Wildman–Crippen MR) is 84.6 cm³/mol. The fourth-order valence-electron chi connectivity index (χ4n) is 2.18. The van der Waals surface area contributed by atoms with Gasteiger partial charge in [0.2, 0.25) is 0 Å². The molecule has 0 fully saturated rings. The van der Waals surface area contributed by atoms with Crippen molar-refractivity contribution < 1.29 is 0 Å². The van der Waals surface area contributed by atoms with Gasteiger partial charge in [0, 0.05) is 13.1 Å². The van der Waals surface area contributed by atoms with Gasteiger partial charge < -0.3 is 5.32 Å². The summed E-state index contributed by atoms with van der Waals surface area (Å²) in [6.07, 6.45) is 7.27. The van der Waals surface area contributed by atoms with Crippen molar-refractivity contribution in [1.29, 1.82) is 0 Å². The van der Waals surface area contributed by atoms with Crippen LogP contribution in [-0.4, -0.2) is 21.5 Å². The van der Waals surface area contributed by atoms with Gasteiger partial charge >= 0.3 is 0 Å². The van der Waals surface area contributed by atoms with E-state index in [4.69, 9.17) is 0 Å². The summed E-state index contributed by atoms with van der Waals surface area (Å²) < 4.78 is 1.93. The molecule has 1 rings (SSSR count). The van der Waals surface area contributed by atoms with E-state index in [0.29, 0.717) is 5.41 Å². The van der Waals surface area contributed by atoms with Crippen LogP contribution in [0.25, 0.3) is 0 Å². The summed E-state index contributed by atoms with van der Waals surface area (Å²) in [5.41, 5.74) is 1.38. The van der Waals surface area contributed by atoms with Crippen LogP contribution in [0, 0.1) is 5.41 Å². The summed E-state index contributed by atoms with van der Waals surface area (Å²) in [6.45, 7) is 15.2. The van der Waals surface area contributed by atoms with Crippen molar-refractivity contribution in [2.75, 3.05) is 6.54 Å². The Morgan fingerprint density at radius 2 is 1.85 bits per heavy atom. The van der Waals surface area contributed by atoms with Crippen molar-refractivity contribution >= 4 is 0 Å². The maximum absolute atomic E-state index is 4.23. The zero-order valence-electron chi connectivity index (χ0n) is 14.2. The van der Waals surface area contributed by atoms with Crippen LogP contribution < -0.4 is 5.32 Å². The SMILES string of the molecule is CCCCCC(C)(C)CNCc1cn(C(C)(C)C)nn1. The lowest BCUT2D eigenvalue weighted by molar-refractivity contribution is 0.301. The maximum atomic E-state index is 4.23. The van der Waals surface area contributed by atoms with Gasteiger partial charge in [0.25, 0.3) is 0 Å². The van der Waals surface area contributed by atoms with Gasteiger partial charge in [-0.1, -0.05) is 45.2 Å². The van der Waals surface area contributed by atoms with Gasteiger partial charge in [-0.3, -0.25) is 0 Å². The van der Waals surface area contributed by atoms with Crippen LogP contribution in [0.2, 0.25) is 0 Å². The first-order valence-electron chi connectivity index (χ1n) is 7.87. The normalized spacial score (nSPS) is 12.9. The molecule has 0 aromatic carbocycles. The molecule has 0 atom stereocenters. The Hall–Kier alpha value is -0.900. The second kappa shape index (κ2) is 7.21. The monoisotopic (exact) mass is 280 g/mol. The topological polar surface area (TPSA) is 42.7 Å². The van der Waals surface area contributed by atoms with Crippen molar-refractivity contribution in [3.63, 3.8) is 0 Å². The zero-order valence-corrected chi connectivity index (χ0v) is 14.2. The summed E-state index contributed by atoms with van der Waals surface area (Å²) >= 11 is 0. The number of hydrogen-bond donors (Lipinski definition) is 1. The summed E-state index contributed by atoms with van der Waals surface area (Å²) in [5, 5.41) is 11.9. The molecule has 1 aromatic heterocycles. The van der Waals surface area contributed by atoms with Crippen molar-refractivity contribution in [1.82, 2.24) is 20.3 Å². The molecule has 0 amide bonds. The summed E-state index contributed by atoms with van der Waals surface area (Å²) in [5.74, 6) is 0. The zero-order chi connectivity index (χ0) is 15.2. The average Bonchev–Trinajstić information content (AvgIpc) is 2.77. The first-order chi connectivity index (χ1) is 9.24. The van der Waals surface area contributed by atoms with Gasteiger partial charge in [-0.05, 0) is 32.6 Å². The van der Waals surface area contributed by atoms with Crippen LogP contribution in [0.1, 0.15) is 72.9 Å². The Morgan fingerprint density at radius 3 is 2.40 bits per heavy atom. The van der Waals surface area contributed by atoms with Gasteiger partial charge in [0.15, 0.2) is 0 Å². The van der Waals surface area contributed by atoms with Gasteiger partial charge in [0.05, 0.1) is 17.4 Å². The molecule has 0 bridgehead atoms. The minimum atomic E-state index is 0.00464. The van der Waals surface area contributed by atoms with Crippen LogP contribution in [0.4, 0.5) is 0 Å². The van der Waals surface area contributed by atoms with E-state index in [1.54, 1.807) is 0 Å². The molecule has 1 heterocycles. The van der Waals surface area contributed by atoms with Gasteiger partial charge in [-0.15, -0.1) is 5.10 Å². The van der Waals surface area contributed by atoms with E-state index in [0.717, 1.165) is 18.8 Å². The van der Waals surface area contributed by atoms with E-state index in [1.807, 2.05) is 10.9 Å². The molecule has 0 aliphatic heterocycles. The summed E-state index contributed by atoms with van der Waals surface area (Å²) in [6, 6.07) is 0. The van der Waals surface area contributed by atoms with Crippen LogP contribution in [0.5, 0.6) is 0 Å². The van der Waals surface area contributed by atoms with Crippen LogP contribution in [0.15, 0.2) is 6.20 Å². The highest BCUT2D eigenvalue weighted by molar-refractivity contribution is 4.94. The van der Waals surface area contributed by atoms with E-state index in [2.05, 4.69) is 57.2 Å². The number of aromatic nitrogens is 3. The van der Waals surface area contributed by atoms with E-state index < -0.39 is 0 Å². The molecule has 116 valence electrons. The van der Waals surface area contributed by atoms with Gasteiger partial charge in [-0.25, -0.2) is 4.68 Å². The maximum Gasteiger partial charge on any atom is 0.0965 e. The Kier molecular flexibility index (Phi) is 6.18. The number of nitrogens with one attached hydrogen (secondary N) is 1. The summed E-state index contributed by atoms with van der Waals surface area (Å²) in [4.78, 5) is 0. The molecule has 20 heavy (non-hydrogen) atoms. The van der Waals surface area contributed by atoms with Crippen LogP contribution in [0.3, 0.4) is 0 Å². The average molecular weight is 280 g/mol. The molecule has 0 unspecified atom stereocenters. The number of unbranched alkanes of at least 4 members (excludes halogenated alkanes) is 2. The molecule has 4 nitrogen and oxygen atoms in total. The van der Waals surface area contributed by atoms with Crippen molar-refractivity contribution in [2.45, 2.75) is 79.3 Å². The van der Waals surface area contributed by atoms with E-state index in [1.165, 1.54) is 25.7 Å². The highest BCUT2D eigenvalue weighted by atomic mass is 15.4. The molecule has 1 aromatic rings. The molecule has 0 radical (unpaired) electrons. The molecular formula is C16H32N4. The van der Waals surface area contributed by atoms with Gasteiger partial charge in [-0.2, -0.15) is 0 Å². The Morgan fingerprint density at radius 1 is 1.15 bits per heavy atom. The fraction of sp³-hybridized carbons (Fsp3) is 0.875. The van der Waals surface area contributed by atoms with Crippen LogP contribution in [-0.2, 0) is 12.1 Å². The number of hydrogen-bond acceptors (Lipinski definition) is 3. The second-order valence-corrected chi connectivity index (χ2v) is 7.55. The first kappa shape index (κ1) is 17.2. The van der Waals surface area contributed by atoms with Crippen molar-refractivity contribution in [2.24, 2.45) is 5.41 Å². The predicted octanol–water partition coefficient (Wildman–Crippen LogP) is 3.73. The van der Waals surface area contributed by atoms with Gasteiger partial charge in [0.1, 0.15) is 0 Å². The molecule has 0 spiro atoms. The third kappa shape index (κ3) is 6.04. The minimum absolute atomic E-state index is 0.00464. The Bertz CT molecular complexity index is 387. The minimum Gasteiger partial charge on any atom is -0.311 e. The molecule has 1 N–H and O–H groups in total. The van der Waals surface area contributed by atoms with E-state index in [9.17, 15) is 0 Å². The Labute approximate surface area is 124 Å². The lowest BCUT2D eigenvalue weighted by atomic mass is 9.87. The number of rotatable bonds is 8. The van der Waals surface area contributed by atoms with E-state index >= 15 is 0 Å². The van der Waals surface area contributed by atoms with Crippen molar-refractivity contribution in [3.8, 4) is 0 Å². The van der Waals surface area contributed by atoms with E-state index in [-0.39, 0.29) is 5.54 Å². The first-order valence-corrected chi connectivity index (χ1v) is 7.87. The largest absolute Gasteiger partial charge is 0.311 e. The quantitative estimate of drug-likeness (QED) is 0.738.